The van der Waals surface area contributed by atoms with Crippen molar-refractivity contribution in [3.05, 3.63) is 35.1 Å². The first-order valence-electron chi connectivity index (χ1n) is 5.98. The molecule has 104 valence electrons. The molecule has 1 aliphatic heterocycles. The number of hydrogen-bond donors (Lipinski definition) is 0. The van der Waals surface area contributed by atoms with E-state index in [9.17, 15) is 18.0 Å². The van der Waals surface area contributed by atoms with E-state index < -0.39 is 23.4 Å². The minimum absolute atomic E-state index is 0.153. The van der Waals surface area contributed by atoms with Gasteiger partial charge in [0.25, 0.3) is 5.91 Å². The molecule has 1 fully saturated rings. The van der Waals surface area contributed by atoms with Gasteiger partial charge in [0.2, 0.25) is 0 Å². The van der Waals surface area contributed by atoms with Crippen LogP contribution in [0, 0.1) is 23.4 Å². The highest BCUT2D eigenvalue weighted by Gasteiger charge is 2.28. The summed E-state index contributed by atoms with van der Waals surface area (Å²) in [5, 5.41) is 0. The fraction of sp³-hybridized carbons (Fsp3) is 0.462. The maximum absolute atomic E-state index is 13.1. The number of piperidine rings is 1. The first kappa shape index (κ1) is 14.4. The quantitative estimate of drug-likeness (QED) is 0.569. The molecule has 0 radical (unpaired) electrons. The Morgan fingerprint density at radius 1 is 1.32 bits per heavy atom. The SMILES string of the molecule is CC1CCN(C(=O)c2cc(F)c(F)c(F)c2)CC1Br. The van der Waals surface area contributed by atoms with Crippen LogP contribution in [0.25, 0.3) is 0 Å². The third kappa shape index (κ3) is 2.94. The Labute approximate surface area is 117 Å². The van der Waals surface area contributed by atoms with Crippen molar-refractivity contribution in [1.29, 1.82) is 0 Å². The van der Waals surface area contributed by atoms with E-state index >= 15 is 0 Å². The first-order chi connectivity index (χ1) is 8.90. The summed E-state index contributed by atoms with van der Waals surface area (Å²) in [5.74, 6) is -4.28. The molecule has 1 aromatic carbocycles. The lowest BCUT2D eigenvalue weighted by atomic mass is 9.98. The van der Waals surface area contributed by atoms with E-state index in [4.69, 9.17) is 0 Å². The second-order valence-electron chi connectivity index (χ2n) is 4.79. The standard InChI is InChI=1S/C13H13BrF3NO/c1-7-2-3-18(6-9(7)14)13(19)8-4-10(15)12(17)11(16)5-8/h4-5,7,9H,2-3,6H2,1H3. The van der Waals surface area contributed by atoms with E-state index in [1.165, 1.54) is 4.90 Å². The van der Waals surface area contributed by atoms with Gasteiger partial charge in [0.15, 0.2) is 17.5 Å². The molecule has 0 aromatic heterocycles. The van der Waals surface area contributed by atoms with Crippen LogP contribution in [0.5, 0.6) is 0 Å². The lowest BCUT2D eigenvalue weighted by molar-refractivity contribution is 0.0704. The maximum Gasteiger partial charge on any atom is 0.254 e. The van der Waals surface area contributed by atoms with Gasteiger partial charge in [-0.2, -0.15) is 0 Å². The van der Waals surface area contributed by atoms with E-state index in [0.29, 0.717) is 19.0 Å². The summed E-state index contributed by atoms with van der Waals surface area (Å²) in [6, 6.07) is 1.48. The van der Waals surface area contributed by atoms with Gasteiger partial charge in [-0.25, -0.2) is 13.2 Å². The van der Waals surface area contributed by atoms with Gasteiger partial charge in [-0.05, 0) is 24.5 Å². The molecule has 0 saturated carbocycles. The molecule has 1 aliphatic rings. The molecular formula is C13H13BrF3NO. The van der Waals surface area contributed by atoms with Gasteiger partial charge < -0.3 is 4.90 Å². The number of benzene rings is 1. The van der Waals surface area contributed by atoms with Gasteiger partial charge in [-0.3, -0.25) is 4.79 Å². The number of hydrogen-bond acceptors (Lipinski definition) is 1. The van der Waals surface area contributed by atoms with Gasteiger partial charge in [0, 0.05) is 23.5 Å². The largest absolute Gasteiger partial charge is 0.338 e. The Bertz CT molecular complexity index is 486. The Balaban J connectivity index is 2.20. The average Bonchev–Trinajstić information content (AvgIpc) is 2.37. The summed E-state index contributed by atoms with van der Waals surface area (Å²) < 4.78 is 39.1. The van der Waals surface area contributed by atoms with Crippen LogP contribution in [0.4, 0.5) is 13.2 Å². The van der Waals surface area contributed by atoms with Gasteiger partial charge in [0.05, 0.1) is 0 Å². The van der Waals surface area contributed by atoms with Crippen molar-refractivity contribution in [2.75, 3.05) is 13.1 Å². The van der Waals surface area contributed by atoms with Crippen LogP contribution < -0.4 is 0 Å². The van der Waals surface area contributed by atoms with Gasteiger partial charge >= 0.3 is 0 Å². The van der Waals surface area contributed by atoms with E-state index in [1.54, 1.807) is 0 Å². The molecule has 2 nitrogen and oxygen atoms in total. The molecule has 2 unspecified atom stereocenters. The normalized spacial score (nSPS) is 23.5. The monoisotopic (exact) mass is 335 g/mol. The van der Waals surface area contributed by atoms with Crippen LogP contribution in [0.2, 0.25) is 0 Å². The summed E-state index contributed by atoms with van der Waals surface area (Å²) in [4.78, 5) is 13.8. The second kappa shape index (κ2) is 5.53. The Morgan fingerprint density at radius 2 is 1.89 bits per heavy atom. The van der Waals surface area contributed by atoms with Gasteiger partial charge in [-0.15, -0.1) is 0 Å². The number of carbonyl (C=O) groups is 1. The lowest BCUT2D eigenvalue weighted by Crippen LogP contribution is -2.43. The molecule has 0 aliphatic carbocycles. The van der Waals surface area contributed by atoms with Crippen LogP contribution in [-0.2, 0) is 0 Å². The van der Waals surface area contributed by atoms with Crippen LogP contribution in [0.1, 0.15) is 23.7 Å². The topological polar surface area (TPSA) is 20.3 Å². The van der Waals surface area contributed by atoms with Crippen molar-refractivity contribution in [2.24, 2.45) is 5.92 Å². The first-order valence-corrected chi connectivity index (χ1v) is 6.89. The molecule has 6 heteroatoms. The number of halogens is 4. The zero-order chi connectivity index (χ0) is 14.2. The molecule has 1 heterocycles. The van der Waals surface area contributed by atoms with E-state index in [-0.39, 0.29) is 10.4 Å². The molecule has 19 heavy (non-hydrogen) atoms. The Hall–Kier alpha value is -1.04. The van der Waals surface area contributed by atoms with Crippen molar-refractivity contribution in [3.63, 3.8) is 0 Å². The third-order valence-corrected chi connectivity index (χ3v) is 4.58. The maximum atomic E-state index is 13.1. The van der Waals surface area contributed by atoms with E-state index in [0.717, 1.165) is 18.6 Å². The summed E-state index contributed by atoms with van der Waals surface area (Å²) >= 11 is 3.47. The second-order valence-corrected chi connectivity index (χ2v) is 5.96. The minimum Gasteiger partial charge on any atom is -0.338 e. The highest BCUT2D eigenvalue weighted by atomic mass is 79.9. The van der Waals surface area contributed by atoms with Crippen LogP contribution in [0.15, 0.2) is 12.1 Å². The van der Waals surface area contributed by atoms with Crippen LogP contribution in [-0.4, -0.2) is 28.7 Å². The van der Waals surface area contributed by atoms with Crippen molar-refractivity contribution in [2.45, 2.75) is 18.2 Å². The van der Waals surface area contributed by atoms with Crippen molar-refractivity contribution in [3.8, 4) is 0 Å². The Morgan fingerprint density at radius 3 is 2.42 bits per heavy atom. The van der Waals surface area contributed by atoms with E-state index in [1.807, 2.05) is 0 Å². The molecule has 2 atom stereocenters. The number of amides is 1. The fourth-order valence-corrected chi connectivity index (χ4v) is 2.68. The number of likely N-dealkylation sites (tertiary alicyclic amines) is 1. The number of rotatable bonds is 1. The van der Waals surface area contributed by atoms with E-state index in [2.05, 4.69) is 22.9 Å². The lowest BCUT2D eigenvalue weighted by Gasteiger charge is -2.34. The molecule has 1 amide bonds. The number of alkyl halides is 1. The minimum atomic E-state index is -1.55. The summed E-state index contributed by atoms with van der Waals surface area (Å²) in [6.45, 7) is 3.07. The zero-order valence-electron chi connectivity index (χ0n) is 10.3. The fourth-order valence-electron chi connectivity index (χ4n) is 2.07. The Kier molecular flexibility index (Phi) is 4.18. The molecule has 2 rings (SSSR count). The van der Waals surface area contributed by atoms with Gasteiger partial charge in [0.1, 0.15) is 0 Å². The molecule has 1 saturated heterocycles. The molecule has 1 aromatic rings. The molecule has 0 spiro atoms. The highest BCUT2D eigenvalue weighted by Crippen LogP contribution is 2.25. The average molecular weight is 336 g/mol. The van der Waals surface area contributed by atoms with Gasteiger partial charge in [-0.1, -0.05) is 22.9 Å². The smallest absolute Gasteiger partial charge is 0.254 e. The van der Waals surface area contributed by atoms with Crippen molar-refractivity contribution in [1.82, 2.24) is 4.90 Å². The van der Waals surface area contributed by atoms with Crippen molar-refractivity contribution >= 4 is 21.8 Å². The summed E-state index contributed by atoms with van der Waals surface area (Å²) in [6.07, 6.45) is 0.813. The summed E-state index contributed by atoms with van der Waals surface area (Å²) in [5.41, 5.74) is -0.161. The third-order valence-electron chi connectivity index (χ3n) is 3.38. The zero-order valence-corrected chi connectivity index (χ0v) is 11.9. The molecule has 0 bridgehead atoms. The summed E-state index contributed by atoms with van der Waals surface area (Å²) in [7, 11) is 0. The van der Waals surface area contributed by atoms with Crippen LogP contribution in [0.3, 0.4) is 0 Å². The molecule has 0 N–H and O–H groups in total. The highest BCUT2D eigenvalue weighted by molar-refractivity contribution is 9.09. The van der Waals surface area contributed by atoms with Crippen molar-refractivity contribution < 1.29 is 18.0 Å². The predicted octanol–water partition coefficient (Wildman–Crippen LogP) is 3.35. The number of carbonyl (C=O) groups excluding carboxylic acids is 1. The molecular weight excluding hydrogens is 323 g/mol. The predicted molar refractivity (Wildman–Crippen MR) is 68.7 cm³/mol. The van der Waals surface area contributed by atoms with Crippen LogP contribution >= 0.6 is 15.9 Å². The number of nitrogens with zero attached hydrogens (tertiary/aromatic N) is 1.